The molecule has 18 heavy (non-hydrogen) atoms. The van der Waals surface area contributed by atoms with Crippen LogP contribution in [0.3, 0.4) is 0 Å². The zero-order valence-electron chi connectivity index (χ0n) is 11.9. The molecule has 0 saturated carbocycles. The number of aliphatic hydroxyl groups excluding tert-OH is 1. The molecule has 0 saturated heterocycles. The highest BCUT2D eigenvalue weighted by Crippen LogP contribution is 2.24. The van der Waals surface area contributed by atoms with E-state index in [4.69, 9.17) is 9.47 Å². The second-order valence-corrected chi connectivity index (χ2v) is 4.79. The molecule has 0 aliphatic rings. The van der Waals surface area contributed by atoms with E-state index in [1.165, 1.54) is 0 Å². The lowest BCUT2D eigenvalue weighted by Crippen LogP contribution is -2.21. The van der Waals surface area contributed by atoms with Crippen molar-refractivity contribution in [2.45, 2.75) is 46.3 Å². The fraction of sp³-hybridized carbons (Fsp3) is 0.643. The summed E-state index contributed by atoms with van der Waals surface area (Å²) >= 11 is 0. The van der Waals surface area contributed by atoms with Gasteiger partial charge in [-0.05, 0) is 27.7 Å². The van der Waals surface area contributed by atoms with Gasteiger partial charge in [0.05, 0.1) is 25.9 Å². The molecular formula is C14H23NO3. The number of methoxy groups -OCH3 is 1. The van der Waals surface area contributed by atoms with Crippen molar-refractivity contribution in [1.29, 1.82) is 0 Å². The van der Waals surface area contributed by atoms with E-state index in [-0.39, 0.29) is 6.10 Å². The van der Waals surface area contributed by atoms with Crippen molar-refractivity contribution in [2.75, 3.05) is 13.7 Å². The normalized spacial score (nSPS) is 12.8. The fourth-order valence-corrected chi connectivity index (χ4v) is 1.86. The summed E-state index contributed by atoms with van der Waals surface area (Å²) < 4.78 is 10.7. The first-order valence-electron chi connectivity index (χ1n) is 6.24. The highest BCUT2D eigenvalue weighted by Gasteiger charge is 2.14. The Bertz CT molecular complexity index is 391. The number of nitrogens with zero attached hydrogens (tertiary/aromatic N) is 1. The van der Waals surface area contributed by atoms with Crippen molar-refractivity contribution < 1.29 is 14.6 Å². The molecule has 1 heterocycles. The van der Waals surface area contributed by atoms with Crippen LogP contribution in [0.25, 0.3) is 0 Å². The molecule has 1 aromatic rings. The first-order valence-corrected chi connectivity index (χ1v) is 6.24. The summed E-state index contributed by atoms with van der Waals surface area (Å²) in [5.41, 5.74) is 2.85. The number of pyridine rings is 1. The third-order valence-electron chi connectivity index (χ3n) is 2.80. The molecule has 0 aromatic carbocycles. The molecule has 1 unspecified atom stereocenters. The van der Waals surface area contributed by atoms with Crippen LogP contribution in [0.5, 0.6) is 5.75 Å². The van der Waals surface area contributed by atoms with Gasteiger partial charge in [0.2, 0.25) is 0 Å². The smallest absolute Gasteiger partial charge is 0.128 e. The van der Waals surface area contributed by atoms with Crippen LogP contribution in [0.15, 0.2) is 6.20 Å². The van der Waals surface area contributed by atoms with Crippen molar-refractivity contribution >= 4 is 0 Å². The summed E-state index contributed by atoms with van der Waals surface area (Å²) in [5, 5.41) is 9.90. The van der Waals surface area contributed by atoms with Crippen LogP contribution >= 0.6 is 0 Å². The Kier molecular flexibility index (Phi) is 5.56. The molecule has 0 fully saturated rings. The van der Waals surface area contributed by atoms with E-state index in [0.29, 0.717) is 13.0 Å². The van der Waals surface area contributed by atoms with Gasteiger partial charge in [-0.3, -0.25) is 4.98 Å². The first kappa shape index (κ1) is 14.9. The molecule has 1 aromatic heterocycles. The third kappa shape index (κ3) is 3.96. The first-order chi connectivity index (χ1) is 8.45. The van der Waals surface area contributed by atoms with E-state index in [9.17, 15) is 5.11 Å². The summed E-state index contributed by atoms with van der Waals surface area (Å²) in [4.78, 5) is 4.36. The molecule has 0 spiro atoms. The molecule has 0 aliphatic carbocycles. The second-order valence-electron chi connectivity index (χ2n) is 4.79. The lowest BCUT2D eigenvalue weighted by Gasteiger charge is -2.16. The van der Waals surface area contributed by atoms with E-state index in [1.807, 2.05) is 27.7 Å². The highest BCUT2D eigenvalue weighted by molar-refractivity contribution is 5.41. The van der Waals surface area contributed by atoms with Gasteiger partial charge >= 0.3 is 0 Å². The van der Waals surface area contributed by atoms with Gasteiger partial charge in [0.1, 0.15) is 5.75 Å². The zero-order chi connectivity index (χ0) is 13.7. The van der Waals surface area contributed by atoms with Crippen molar-refractivity contribution in [3.63, 3.8) is 0 Å². The molecular weight excluding hydrogens is 230 g/mol. The van der Waals surface area contributed by atoms with Crippen LogP contribution in [-0.2, 0) is 11.2 Å². The van der Waals surface area contributed by atoms with Crippen LogP contribution in [0, 0.1) is 13.8 Å². The molecule has 0 amide bonds. The van der Waals surface area contributed by atoms with Gasteiger partial charge in [0, 0.05) is 29.4 Å². The molecule has 1 N–H and O–H groups in total. The van der Waals surface area contributed by atoms with E-state index in [2.05, 4.69) is 4.98 Å². The average Bonchev–Trinajstić information content (AvgIpc) is 2.31. The minimum absolute atomic E-state index is 0.126. The quantitative estimate of drug-likeness (QED) is 0.843. The van der Waals surface area contributed by atoms with Gasteiger partial charge in [-0.25, -0.2) is 0 Å². The van der Waals surface area contributed by atoms with Gasteiger partial charge in [-0.1, -0.05) is 0 Å². The van der Waals surface area contributed by atoms with Gasteiger partial charge in [0.15, 0.2) is 0 Å². The van der Waals surface area contributed by atoms with Crippen molar-refractivity contribution in [3.8, 4) is 5.75 Å². The Hall–Kier alpha value is -1.13. The molecule has 4 heteroatoms. The largest absolute Gasteiger partial charge is 0.496 e. The maximum atomic E-state index is 9.90. The van der Waals surface area contributed by atoms with Crippen LogP contribution in [0.4, 0.5) is 0 Å². The van der Waals surface area contributed by atoms with Gasteiger partial charge < -0.3 is 14.6 Å². The summed E-state index contributed by atoms with van der Waals surface area (Å²) in [6.07, 6.45) is 1.85. The minimum Gasteiger partial charge on any atom is -0.496 e. The number of aliphatic hydroxyl groups is 1. The number of hydrogen-bond donors (Lipinski definition) is 1. The Morgan fingerprint density at radius 3 is 2.56 bits per heavy atom. The molecule has 0 radical (unpaired) electrons. The molecule has 0 aliphatic heterocycles. The standard InChI is InChI=1S/C14H23NO3/c1-9(2)18-8-12(16)6-13-11(4)14(17-5)10(3)7-15-13/h7,9,12,16H,6,8H2,1-5H3. The number of ether oxygens (including phenoxy) is 2. The molecule has 0 bridgehead atoms. The van der Waals surface area contributed by atoms with E-state index in [1.54, 1.807) is 13.3 Å². The zero-order valence-corrected chi connectivity index (χ0v) is 11.9. The van der Waals surface area contributed by atoms with E-state index in [0.717, 1.165) is 22.6 Å². The van der Waals surface area contributed by atoms with Crippen molar-refractivity contribution in [3.05, 3.63) is 23.0 Å². The summed E-state index contributed by atoms with van der Waals surface area (Å²) in [6.45, 7) is 8.15. The van der Waals surface area contributed by atoms with Crippen LogP contribution < -0.4 is 4.74 Å². The van der Waals surface area contributed by atoms with E-state index >= 15 is 0 Å². The summed E-state index contributed by atoms with van der Waals surface area (Å²) in [6, 6.07) is 0. The second kappa shape index (κ2) is 6.71. The minimum atomic E-state index is -0.536. The van der Waals surface area contributed by atoms with Gasteiger partial charge in [-0.15, -0.1) is 0 Å². The lowest BCUT2D eigenvalue weighted by atomic mass is 10.1. The number of hydrogen-bond acceptors (Lipinski definition) is 4. The predicted molar refractivity (Wildman–Crippen MR) is 71.1 cm³/mol. The van der Waals surface area contributed by atoms with Crippen LogP contribution in [-0.4, -0.2) is 36.0 Å². The predicted octanol–water partition coefficient (Wildman–Crippen LogP) is 2.04. The number of rotatable bonds is 6. The maximum Gasteiger partial charge on any atom is 0.128 e. The topological polar surface area (TPSA) is 51.6 Å². The molecule has 1 atom stereocenters. The van der Waals surface area contributed by atoms with Gasteiger partial charge in [-0.2, -0.15) is 0 Å². The SMILES string of the molecule is COc1c(C)cnc(CC(O)COC(C)C)c1C. The summed E-state index contributed by atoms with van der Waals surface area (Å²) in [5.74, 6) is 0.844. The molecule has 4 nitrogen and oxygen atoms in total. The highest BCUT2D eigenvalue weighted by atomic mass is 16.5. The third-order valence-corrected chi connectivity index (χ3v) is 2.80. The van der Waals surface area contributed by atoms with Crippen LogP contribution in [0.1, 0.15) is 30.7 Å². The van der Waals surface area contributed by atoms with Crippen LogP contribution in [0.2, 0.25) is 0 Å². The number of aryl methyl sites for hydroxylation is 1. The summed E-state index contributed by atoms with van der Waals surface area (Å²) in [7, 11) is 1.65. The Balaban J connectivity index is 2.73. The maximum absolute atomic E-state index is 9.90. The Morgan fingerprint density at radius 2 is 2.00 bits per heavy atom. The van der Waals surface area contributed by atoms with Gasteiger partial charge in [0.25, 0.3) is 0 Å². The lowest BCUT2D eigenvalue weighted by molar-refractivity contribution is 0.00579. The number of aromatic nitrogens is 1. The fourth-order valence-electron chi connectivity index (χ4n) is 1.86. The Labute approximate surface area is 109 Å². The molecule has 1 rings (SSSR count). The van der Waals surface area contributed by atoms with E-state index < -0.39 is 6.10 Å². The molecule has 102 valence electrons. The average molecular weight is 253 g/mol. The monoisotopic (exact) mass is 253 g/mol. The van der Waals surface area contributed by atoms with Crippen molar-refractivity contribution in [1.82, 2.24) is 4.98 Å². The Morgan fingerprint density at radius 1 is 1.33 bits per heavy atom. The van der Waals surface area contributed by atoms with Crippen molar-refractivity contribution in [2.24, 2.45) is 0 Å².